The fraction of sp³-hybridized carbons (Fsp3) is 0.188. The van der Waals surface area contributed by atoms with E-state index in [1.54, 1.807) is 43.7 Å². The lowest BCUT2D eigenvalue weighted by molar-refractivity contribution is -0.125. The molecule has 1 aromatic heterocycles. The summed E-state index contributed by atoms with van der Waals surface area (Å²) in [5, 5.41) is 0. The van der Waals surface area contributed by atoms with Gasteiger partial charge in [-0.2, -0.15) is 0 Å². The van der Waals surface area contributed by atoms with Crippen molar-refractivity contribution in [1.82, 2.24) is 4.90 Å². The number of nitrogens with zero attached hydrogens (tertiary/aromatic N) is 1. The molecule has 1 heterocycles. The topological polar surface area (TPSA) is 42.7 Å². The Balaban J connectivity index is 1.74. The molecule has 0 unspecified atom stereocenters. The number of carbonyl (C=O) groups is 1. The lowest BCUT2D eigenvalue weighted by atomic mass is 10.3. The van der Waals surface area contributed by atoms with Gasteiger partial charge in [0, 0.05) is 13.1 Å². The van der Waals surface area contributed by atoms with Crippen LogP contribution in [0.3, 0.4) is 0 Å². The number of hydrogen-bond acceptors (Lipinski definition) is 3. The number of hydrogen-bond donors (Lipinski definition) is 0. The minimum atomic E-state index is -0.308. The molecule has 0 spiro atoms. The number of amides is 1. The van der Waals surface area contributed by atoms with Crippen LogP contribution in [0.2, 0.25) is 0 Å². The van der Waals surface area contributed by atoms with Crippen LogP contribution in [-0.4, -0.2) is 31.0 Å². The zero-order valence-corrected chi connectivity index (χ0v) is 11.7. The second-order valence-corrected chi connectivity index (χ2v) is 4.41. The van der Waals surface area contributed by atoms with Crippen molar-refractivity contribution in [1.29, 1.82) is 0 Å². The number of halogens is 1. The number of ether oxygens (including phenoxy) is 1. The van der Waals surface area contributed by atoms with Crippen molar-refractivity contribution >= 4 is 12.0 Å². The molecule has 21 heavy (non-hydrogen) atoms. The second-order valence-electron chi connectivity index (χ2n) is 4.41. The van der Waals surface area contributed by atoms with Gasteiger partial charge in [-0.15, -0.1) is 0 Å². The normalized spacial score (nSPS) is 10.8. The van der Waals surface area contributed by atoms with Gasteiger partial charge in [-0.05, 0) is 42.5 Å². The standard InChI is InChI=1S/C16H16FNO3/c1-18(16(19)9-8-14-3-2-11-20-14)10-12-21-15-6-4-13(17)5-7-15/h2-9,11H,10,12H2,1H3/b9-8+. The van der Waals surface area contributed by atoms with Gasteiger partial charge in [0.05, 0.1) is 12.8 Å². The van der Waals surface area contributed by atoms with E-state index in [4.69, 9.17) is 9.15 Å². The quantitative estimate of drug-likeness (QED) is 0.768. The maximum atomic E-state index is 12.7. The highest BCUT2D eigenvalue weighted by molar-refractivity contribution is 5.91. The monoisotopic (exact) mass is 289 g/mol. The average molecular weight is 289 g/mol. The van der Waals surface area contributed by atoms with E-state index >= 15 is 0 Å². The molecule has 0 aliphatic heterocycles. The fourth-order valence-electron chi connectivity index (χ4n) is 1.61. The molecule has 4 nitrogen and oxygen atoms in total. The molecular formula is C16H16FNO3. The van der Waals surface area contributed by atoms with Crippen LogP contribution in [0.15, 0.2) is 53.2 Å². The van der Waals surface area contributed by atoms with Crippen LogP contribution in [0.4, 0.5) is 4.39 Å². The van der Waals surface area contributed by atoms with Gasteiger partial charge in [-0.25, -0.2) is 4.39 Å². The Morgan fingerprint density at radius 3 is 2.76 bits per heavy atom. The van der Waals surface area contributed by atoms with Crippen LogP contribution >= 0.6 is 0 Å². The van der Waals surface area contributed by atoms with Gasteiger partial charge in [-0.3, -0.25) is 4.79 Å². The Labute approximate surface area is 122 Å². The molecule has 0 aliphatic rings. The third-order valence-corrected chi connectivity index (χ3v) is 2.82. The predicted octanol–water partition coefficient (Wildman–Crippen LogP) is 2.97. The highest BCUT2D eigenvalue weighted by atomic mass is 19.1. The van der Waals surface area contributed by atoms with Gasteiger partial charge in [0.1, 0.15) is 23.9 Å². The lowest BCUT2D eigenvalue weighted by Crippen LogP contribution is -2.29. The first-order valence-electron chi connectivity index (χ1n) is 6.50. The molecular weight excluding hydrogens is 273 g/mol. The summed E-state index contributed by atoms with van der Waals surface area (Å²) in [7, 11) is 1.68. The minimum Gasteiger partial charge on any atom is -0.492 e. The molecule has 0 aliphatic carbocycles. The molecule has 0 saturated heterocycles. The number of rotatable bonds is 6. The van der Waals surface area contributed by atoms with Crippen LogP contribution in [0.25, 0.3) is 6.08 Å². The van der Waals surface area contributed by atoms with E-state index in [1.807, 2.05) is 0 Å². The van der Waals surface area contributed by atoms with Crippen molar-refractivity contribution in [3.63, 3.8) is 0 Å². The molecule has 2 rings (SSSR count). The summed E-state index contributed by atoms with van der Waals surface area (Å²) in [6.45, 7) is 0.765. The van der Waals surface area contributed by atoms with E-state index in [9.17, 15) is 9.18 Å². The van der Waals surface area contributed by atoms with Crippen LogP contribution in [0.5, 0.6) is 5.75 Å². The van der Waals surface area contributed by atoms with Gasteiger partial charge >= 0.3 is 0 Å². The van der Waals surface area contributed by atoms with E-state index < -0.39 is 0 Å². The molecule has 0 radical (unpaired) electrons. The van der Waals surface area contributed by atoms with Gasteiger partial charge < -0.3 is 14.1 Å². The van der Waals surface area contributed by atoms with Crippen molar-refractivity contribution in [3.8, 4) is 5.75 Å². The molecule has 1 aromatic carbocycles. The second kappa shape index (κ2) is 7.28. The van der Waals surface area contributed by atoms with Gasteiger partial charge in [0.15, 0.2) is 0 Å². The Bertz CT molecular complexity index is 590. The Kier molecular flexibility index (Phi) is 5.15. The van der Waals surface area contributed by atoms with Gasteiger partial charge in [0.2, 0.25) is 5.91 Å². The van der Waals surface area contributed by atoms with Crippen LogP contribution < -0.4 is 4.74 Å². The zero-order valence-electron chi connectivity index (χ0n) is 11.7. The minimum absolute atomic E-state index is 0.144. The largest absolute Gasteiger partial charge is 0.492 e. The summed E-state index contributed by atoms with van der Waals surface area (Å²) in [5.74, 6) is 0.745. The maximum Gasteiger partial charge on any atom is 0.246 e. The van der Waals surface area contributed by atoms with E-state index in [0.29, 0.717) is 24.7 Å². The molecule has 0 saturated carbocycles. The molecule has 1 amide bonds. The SMILES string of the molecule is CN(CCOc1ccc(F)cc1)C(=O)/C=C/c1ccco1. The number of furan rings is 1. The molecule has 2 aromatic rings. The van der Waals surface area contributed by atoms with Crippen molar-refractivity contribution in [2.24, 2.45) is 0 Å². The average Bonchev–Trinajstić information content (AvgIpc) is 3.00. The Morgan fingerprint density at radius 1 is 1.33 bits per heavy atom. The lowest BCUT2D eigenvalue weighted by Gasteiger charge is -2.15. The summed E-state index contributed by atoms with van der Waals surface area (Å²) in [4.78, 5) is 13.3. The van der Waals surface area contributed by atoms with Gasteiger partial charge in [0.25, 0.3) is 0 Å². The van der Waals surface area contributed by atoms with Crippen molar-refractivity contribution in [2.75, 3.05) is 20.2 Å². The Morgan fingerprint density at radius 2 is 2.10 bits per heavy atom. The van der Waals surface area contributed by atoms with E-state index in [2.05, 4.69) is 0 Å². The molecule has 110 valence electrons. The van der Waals surface area contributed by atoms with Crippen LogP contribution in [-0.2, 0) is 4.79 Å². The third kappa shape index (κ3) is 4.80. The molecule has 0 bridgehead atoms. The highest BCUT2D eigenvalue weighted by Gasteiger charge is 2.05. The van der Waals surface area contributed by atoms with E-state index in [0.717, 1.165) is 0 Å². The smallest absolute Gasteiger partial charge is 0.246 e. The van der Waals surface area contributed by atoms with E-state index in [-0.39, 0.29) is 11.7 Å². The highest BCUT2D eigenvalue weighted by Crippen LogP contribution is 2.10. The third-order valence-electron chi connectivity index (χ3n) is 2.82. The van der Waals surface area contributed by atoms with Crippen molar-refractivity contribution < 1.29 is 18.3 Å². The molecule has 0 fully saturated rings. The van der Waals surface area contributed by atoms with Crippen LogP contribution in [0, 0.1) is 5.82 Å². The van der Waals surface area contributed by atoms with E-state index in [1.165, 1.54) is 23.1 Å². The summed E-state index contributed by atoms with van der Waals surface area (Å²) in [6.07, 6.45) is 4.60. The number of carbonyl (C=O) groups excluding carboxylic acids is 1. The molecule has 0 N–H and O–H groups in total. The summed E-state index contributed by atoms with van der Waals surface area (Å²) in [5.41, 5.74) is 0. The van der Waals surface area contributed by atoms with Crippen molar-refractivity contribution in [3.05, 3.63) is 60.3 Å². The molecule has 0 atom stereocenters. The molecule has 5 heteroatoms. The van der Waals surface area contributed by atoms with Gasteiger partial charge in [-0.1, -0.05) is 0 Å². The first kappa shape index (κ1) is 14.8. The summed E-state index contributed by atoms with van der Waals surface area (Å²) < 4.78 is 23.2. The zero-order chi connectivity index (χ0) is 15.1. The first-order chi connectivity index (χ1) is 10.1. The summed E-state index contributed by atoms with van der Waals surface area (Å²) >= 11 is 0. The maximum absolute atomic E-state index is 12.7. The Hall–Kier alpha value is -2.56. The van der Waals surface area contributed by atoms with Crippen molar-refractivity contribution in [2.45, 2.75) is 0 Å². The summed E-state index contributed by atoms with van der Waals surface area (Å²) in [6, 6.07) is 9.28. The number of benzene rings is 1. The predicted molar refractivity (Wildman–Crippen MR) is 77.3 cm³/mol. The number of likely N-dealkylation sites (N-methyl/N-ethyl adjacent to an activating group) is 1. The van der Waals surface area contributed by atoms with Crippen LogP contribution in [0.1, 0.15) is 5.76 Å². The first-order valence-corrected chi connectivity index (χ1v) is 6.50. The fourth-order valence-corrected chi connectivity index (χ4v) is 1.61.